The summed E-state index contributed by atoms with van der Waals surface area (Å²) in [4.78, 5) is 19.7. The fraction of sp³-hybridized carbons (Fsp3) is 0.200. The van der Waals surface area contributed by atoms with Crippen molar-refractivity contribution in [3.8, 4) is 11.5 Å². The zero-order valence-corrected chi connectivity index (χ0v) is 9.65. The third-order valence-corrected chi connectivity index (χ3v) is 2.11. The van der Waals surface area contributed by atoms with Gasteiger partial charge in [-0.3, -0.25) is 20.2 Å². The highest BCUT2D eigenvalue weighted by molar-refractivity contribution is 5.66. The molecule has 0 aromatic heterocycles. The van der Waals surface area contributed by atoms with Crippen molar-refractivity contribution in [3.05, 3.63) is 44.1 Å². The lowest BCUT2D eigenvalue weighted by atomic mass is 10.1. The van der Waals surface area contributed by atoms with Gasteiger partial charge in [0, 0.05) is 6.08 Å². The number of hydrogen-bond acceptors (Lipinski definition) is 6. The highest BCUT2D eigenvalue weighted by atomic mass is 16.6. The van der Waals surface area contributed by atoms with Gasteiger partial charge in [-0.15, -0.1) is 0 Å². The molecule has 0 saturated heterocycles. The molecule has 0 amide bonds. The Morgan fingerprint density at radius 1 is 1.11 bits per heavy atom. The van der Waals surface area contributed by atoms with Gasteiger partial charge in [0.2, 0.25) is 6.20 Å². The molecule has 0 saturated carbocycles. The van der Waals surface area contributed by atoms with Crippen LogP contribution in [0.1, 0.15) is 5.56 Å². The number of nitro benzene ring substituents is 1. The SMILES string of the molecule is COc1cc(C=C[N+](=O)[O-])c([N+](=O)[O-])cc1OC. The van der Waals surface area contributed by atoms with E-state index in [9.17, 15) is 20.2 Å². The number of nitro groups is 2. The predicted molar refractivity (Wildman–Crippen MR) is 62.2 cm³/mol. The van der Waals surface area contributed by atoms with Crippen molar-refractivity contribution in [1.29, 1.82) is 0 Å². The first kappa shape index (κ1) is 13.4. The van der Waals surface area contributed by atoms with Crippen molar-refractivity contribution in [2.24, 2.45) is 0 Å². The van der Waals surface area contributed by atoms with E-state index in [4.69, 9.17) is 9.47 Å². The van der Waals surface area contributed by atoms with Crippen LogP contribution in [0, 0.1) is 20.2 Å². The Bertz CT molecular complexity index is 511. The summed E-state index contributed by atoms with van der Waals surface area (Å²) in [6, 6.07) is 2.45. The molecule has 1 aromatic rings. The number of methoxy groups -OCH3 is 2. The quantitative estimate of drug-likeness (QED) is 0.586. The third-order valence-electron chi connectivity index (χ3n) is 2.11. The first-order chi connectivity index (χ1) is 8.49. The van der Waals surface area contributed by atoms with E-state index in [1.165, 1.54) is 20.3 Å². The van der Waals surface area contributed by atoms with Crippen LogP contribution in [0.2, 0.25) is 0 Å². The molecule has 1 aromatic carbocycles. The second-order valence-electron chi connectivity index (χ2n) is 3.12. The van der Waals surface area contributed by atoms with E-state index in [1.54, 1.807) is 0 Å². The first-order valence-corrected chi connectivity index (χ1v) is 4.71. The highest BCUT2D eigenvalue weighted by Crippen LogP contribution is 2.34. The topological polar surface area (TPSA) is 105 Å². The molecule has 0 fully saturated rings. The Labute approximate surface area is 102 Å². The zero-order chi connectivity index (χ0) is 13.7. The van der Waals surface area contributed by atoms with E-state index < -0.39 is 9.85 Å². The lowest BCUT2D eigenvalue weighted by Gasteiger charge is -2.08. The second kappa shape index (κ2) is 5.62. The van der Waals surface area contributed by atoms with Crippen LogP contribution in [0.3, 0.4) is 0 Å². The number of ether oxygens (including phenoxy) is 2. The highest BCUT2D eigenvalue weighted by Gasteiger charge is 2.18. The molecule has 8 heteroatoms. The summed E-state index contributed by atoms with van der Waals surface area (Å²) in [5.41, 5.74) is -0.236. The summed E-state index contributed by atoms with van der Waals surface area (Å²) >= 11 is 0. The van der Waals surface area contributed by atoms with Crippen LogP contribution in [0.15, 0.2) is 18.3 Å². The van der Waals surface area contributed by atoms with Gasteiger partial charge < -0.3 is 9.47 Å². The van der Waals surface area contributed by atoms with Gasteiger partial charge in [-0.2, -0.15) is 0 Å². The fourth-order valence-corrected chi connectivity index (χ4v) is 1.32. The van der Waals surface area contributed by atoms with Crippen LogP contribution in [-0.4, -0.2) is 24.1 Å². The Kier molecular flexibility index (Phi) is 4.19. The van der Waals surface area contributed by atoms with Crippen molar-refractivity contribution >= 4 is 11.8 Å². The molecule has 0 bridgehead atoms. The maximum Gasteiger partial charge on any atom is 0.280 e. The largest absolute Gasteiger partial charge is 0.493 e. The maximum atomic E-state index is 10.8. The van der Waals surface area contributed by atoms with Gasteiger partial charge in [-0.05, 0) is 6.07 Å². The minimum absolute atomic E-state index is 0.0642. The standard InChI is InChI=1S/C10H10N2O6/c1-17-9-5-7(3-4-11(13)14)8(12(15)16)6-10(9)18-2/h3-6H,1-2H3. The number of benzene rings is 1. The summed E-state index contributed by atoms with van der Waals surface area (Å²) in [6.07, 6.45) is 1.65. The Balaban J connectivity index is 3.37. The van der Waals surface area contributed by atoms with E-state index in [-0.39, 0.29) is 22.7 Å². The van der Waals surface area contributed by atoms with Crippen LogP contribution < -0.4 is 9.47 Å². The van der Waals surface area contributed by atoms with Crippen molar-refractivity contribution in [2.75, 3.05) is 14.2 Å². The van der Waals surface area contributed by atoms with E-state index in [1.807, 2.05) is 0 Å². The molecule has 0 N–H and O–H groups in total. The Hall–Kier alpha value is -2.64. The van der Waals surface area contributed by atoms with Gasteiger partial charge in [0.25, 0.3) is 5.69 Å². The van der Waals surface area contributed by atoms with Crippen molar-refractivity contribution in [1.82, 2.24) is 0 Å². The van der Waals surface area contributed by atoms with Crippen molar-refractivity contribution in [3.63, 3.8) is 0 Å². The van der Waals surface area contributed by atoms with Gasteiger partial charge in [0.1, 0.15) is 0 Å². The van der Waals surface area contributed by atoms with E-state index in [0.717, 1.165) is 12.1 Å². The lowest BCUT2D eigenvalue weighted by Crippen LogP contribution is -1.97. The van der Waals surface area contributed by atoms with Gasteiger partial charge in [0.15, 0.2) is 11.5 Å². The number of rotatable bonds is 5. The minimum Gasteiger partial charge on any atom is -0.493 e. The zero-order valence-electron chi connectivity index (χ0n) is 9.65. The van der Waals surface area contributed by atoms with Crippen LogP contribution in [0.4, 0.5) is 5.69 Å². The summed E-state index contributed by atoms with van der Waals surface area (Å²) in [5, 5.41) is 21.1. The molecule has 0 unspecified atom stereocenters. The van der Waals surface area contributed by atoms with Crippen LogP contribution in [0.5, 0.6) is 11.5 Å². The first-order valence-electron chi connectivity index (χ1n) is 4.71. The molecule has 0 aliphatic carbocycles. The van der Waals surface area contributed by atoms with Gasteiger partial charge in [-0.25, -0.2) is 0 Å². The molecule has 0 aliphatic heterocycles. The number of hydrogen-bond donors (Lipinski definition) is 0. The molecule has 0 atom stereocenters. The fourth-order valence-electron chi connectivity index (χ4n) is 1.32. The molecule has 18 heavy (non-hydrogen) atoms. The molecule has 0 radical (unpaired) electrons. The molecule has 0 spiro atoms. The minimum atomic E-state index is -0.708. The molecule has 96 valence electrons. The van der Waals surface area contributed by atoms with Crippen molar-refractivity contribution in [2.45, 2.75) is 0 Å². The molecule has 0 heterocycles. The summed E-state index contributed by atoms with van der Waals surface area (Å²) in [5.74, 6) is 0.438. The van der Waals surface area contributed by atoms with Gasteiger partial charge >= 0.3 is 0 Å². The van der Waals surface area contributed by atoms with Gasteiger partial charge in [0.05, 0.1) is 35.7 Å². The average molecular weight is 254 g/mol. The summed E-state index contributed by atoms with van der Waals surface area (Å²) in [7, 11) is 2.71. The molecule has 8 nitrogen and oxygen atoms in total. The maximum absolute atomic E-state index is 10.8. The molecule has 1 rings (SSSR count). The lowest BCUT2D eigenvalue weighted by molar-refractivity contribution is -0.401. The van der Waals surface area contributed by atoms with E-state index in [0.29, 0.717) is 6.20 Å². The Morgan fingerprint density at radius 2 is 1.67 bits per heavy atom. The summed E-state index contributed by atoms with van der Waals surface area (Å²) < 4.78 is 9.89. The average Bonchev–Trinajstić information content (AvgIpc) is 2.34. The Morgan fingerprint density at radius 3 is 2.11 bits per heavy atom. The smallest absolute Gasteiger partial charge is 0.280 e. The number of nitrogens with zero attached hydrogens (tertiary/aromatic N) is 2. The van der Waals surface area contributed by atoms with E-state index in [2.05, 4.69) is 0 Å². The summed E-state index contributed by atoms with van der Waals surface area (Å²) in [6.45, 7) is 0. The second-order valence-corrected chi connectivity index (χ2v) is 3.12. The van der Waals surface area contributed by atoms with E-state index >= 15 is 0 Å². The molecule has 0 aliphatic rings. The van der Waals surface area contributed by atoms with Crippen LogP contribution >= 0.6 is 0 Å². The van der Waals surface area contributed by atoms with Crippen molar-refractivity contribution < 1.29 is 19.3 Å². The predicted octanol–water partition coefficient (Wildman–Crippen LogP) is 1.86. The van der Waals surface area contributed by atoms with Crippen LogP contribution in [0.25, 0.3) is 6.08 Å². The third kappa shape index (κ3) is 2.94. The van der Waals surface area contributed by atoms with Gasteiger partial charge in [-0.1, -0.05) is 0 Å². The molecular formula is C10H10N2O6. The van der Waals surface area contributed by atoms with Crippen LogP contribution in [-0.2, 0) is 0 Å². The molecular weight excluding hydrogens is 244 g/mol. The normalized spacial score (nSPS) is 10.3. The monoisotopic (exact) mass is 254 g/mol.